The van der Waals surface area contributed by atoms with Crippen LogP contribution in [0.5, 0.6) is 0 Å². The van der Waals surface area contributed by atoms with Crippen LogP contribution in [0.1, 0.15) is 37.9 Å². The average Bonchev–Trinajstić information content (AvgIpc) is 3.62. The van der Waals surface area contributed by atoms with E-state index < -0.39 is 6.43 Å². The van der Waals surface area contributed by atoms with Crippen LogP contribution in [0.15, 0.2) is 30.3 Å². The molecule has 206 valence electrons. The quantitative estimate of drug-likeness (QED) is 0.511. The first-order valence-corrected chi connectivity index (χ1v) is 13.6. The van der Waals surface area contributed by atoms with Gasteiger partial charge < -0.3 is 24.6 Å². The summed E-state index contributed by atoms with van der Waals surface area (Å²) in [6, 6.07) is 8.74. The van der Waals surface area contributed by atoms with Crippen molar-refractivity contribution in [3.8, 4) is 5.82 Å². The SMILES string of the molecule is C1CCN(CC2CCOCC2)C1.CNc1nc(N2CCOCC2)cc(-n2c(C(F)F)nc3ccccc32)n1. The molecule has 0 unspecified atom stereocenters. The molecule has 38 heavy (non-hydrogen) atoms. The monoisotopic (exact) mass is 529 g/mol. The van der Waals surface area contributed by atoms with E-state index in [1.54, 1.807) is 37.4 Å². The molecule has 3 aliphatic rings. The molecule has 3 aromatic rings. The molecule has 5 heterocycles. The van der Waals surface area contributed by atoms with Crippen molar-refractivity contribution in [2.75, 3.05) is 76.4 Å². The molecule has 3 fully saturated rings. The maximum Gasteiger partial charge on any atom is 0.296 e. The molecule has 11 heteroatoms. The number of imidazole rings is 1. The Kier molecular flexibility index (Phi) is 8.98. The Hall–Kier alpha value is -2.89. The molecular formula is C27H37F2N7O2. The second-order valence-electron chi connectivity index (χ2n) is 9.92. The van der Waals surface area contributed by atoms with Crippen LogP contribution in [-0.2, 0) is 9.47 Å². The highest BCUT2D eigenvalue weighted by molar-refractivity contribution is 5.78. The summed E-state index contributed by atoms with van der Waals surface area (Å²) in [6.07, 6.45) is 2.70. The summed E-state index contributed by atoms with van der Waals surface area (Å²) < 4.78 is 39.4. The van der Waals surface area contributed by atoms with Crippen LogP contribution >= 0.6 is 0 Å². The van der Waals surface area contributed by atoms with E-state index in [1.165, 1.54) is 49.9 Å². The van der Waals surface area contributed by atoms with Gasteiger partial charge in [0.15, 0.2) is 5.82 Å². The fourth-order valence-corrected chi connectivity index (χ4v) is 5.29. The number of halogens is 2. The maximum atomic E-state index is 13.6. The van der Waals surface area contributed by atoms with E-state index in [9.17, 15) is 8.78 Å². The van der Waals surface area contributed by atoms with Crippen LogP contribution in [0.3, 0.4) is 0 Å². The van der Waals surface area contributed by atoms with Crippen molar-refractivity contribution in [2.45, 2.75) is 32.1 Å². The van der Waals surface area contributed by atoms with Gasteiger partial charge in [-0.15, -0.1) is 0 Å². The number of nitrogens with one attached hydrogen (secondary N) is 1. The highest BCUT2D eigenvalue weighted by atomic mass is 19.3. The van der Waals surface area contributed by atoms with Crippen LogP contribution in [0.4, 0.5) is 20.5 Å². The Morgan fingerprint density at radius 3 is 2.32 bits per heavy atom. The lowest BCUT2D eigenvalue weighted by atomic mass is 10.00. The predicted molar refractivity (Wildman–Crippen MR) is 143 cm³/mol. The summed E-state index contributed by atoms with van der Waals surface area (Å²) in [5, 5.41) is 2.90. The molecule has 3 aliphatic heterocycles. The van der Waals surface area contributed by atoms with Crippen molar-refractivity contribution in [1.82, 2.24) is 24.4 Å². The summed E-state index contributed by atoms with van der Waals surface area (Å²) in [6.45, 7) is 8.60. The van der Waals surface area contributed by atoms with Gasteiger partial charge in [-0.2, -0.15) is 9.97 Å². The van der Waals surface area contributed by atoms with Gasteiger partial charge >= 0.3 is 0 Å². The molecule has 0 amide bonds. The second kappa shape index (κ2) is 12.8. The normalized spacial score (nSPS) is 19.1. The Morgan fingerprint density at radius 1 is 0.921 bits per heavy atom. The number of morpholine rings is 1. The zero-order valence-corrected chi connectivity index (χ0v) is 22.0. The van der Waals surface area contributed by atoms with E-state index in [2.05, 4.69) is 30.1 Å². The summed E-state index contributed by atoms with van der Waals surface area (Å²) in [5.41, 5.74) is 1.08. The minimum atomic E-state index is -2.72. The third-order valence-corrected chi connectivity index (χ3v) is 7.32. The number of fused-ring (bicyclic) bond motifs is 1. The molecule has 2 aromatic heterocycles. The van der Waals surface area contributed by atoms with Gasteiger partial charge in [0.1, 0.15) is 11.6 Å². The number of para-hydroxylation sites is 2. The lowest BCUT2D eigenvalue weighted by Crippen LogP contribution is -2.37. The summed E-state index contributed by atoms with van der Waals surface area (Å²) in [7, 11) is 1.70. The molecule has 0 spiro atoms. The molecule has 0 atom stereocenters. The van der Waals surface area contributed by atoms with Crippen molar-refractivity contribution >= 4 is 22.8 Å². The number of alkyl halides is 2. The number of hydrogen-bond acceptors (Lipinski definition) is 8. The first-order valence-electron chi connectivity index (χ1n) is 13.6. The smallest absolute Gasteiger partial charge is 0.296 e. The number of benzene rings is 1. The van der Waals surface area contributed by atoms with Gasteiger partial charge in [-0.05, 0) is 56.8 Å². The lowest BCUT2D eigenvalue weighted by molar-refractivity contribution is 0.0555. The van der Waals surface area contributed by atoms with Crippen molar-refractivity contribution in [3.05, 3.63) is 36.2 Å². The molecular weight excluding hydrogens is 492 g/mol. The summed E-state index contributed by atoms with van der Waals surface area (Å²) >= 11 is 0. The van der Waals surface area contributed by atoms with E-state index in [-0.39, 0.29) is 5.82 Å². The Morgan fingerprint density at radius 2 is 1.61 bits per heavy atom. The second-order valence-corrected chi connectivity index (χ2v) is 9.92. The number of anilines is 2. The molecule has 1 N–H and O–H groups in total. The molecule has 3 saturated heterocycles. The zero-order chi connectivity index (χ0) is 26.3. The molecule has 0 saturated carbocycles. The topological polar surface area (TPSA) is 80.6 Å². The number of aromatic nitrogens is 4. The van der Waals surface area contributed by atoms with Crippen LogP contribution in [-0.4, -0.2) is 90.6 Å². The van der Waals surface area contributed by atoms with Crippen LogP contribution in [0.25, 0.3) is 16.9 Å². The number of rotatable bonds is 6. The summed E-state index contributed by atoms with van der Waals surface area (Å²) in [5.74, 6) is 1.98. The molecule has 0 radical (unpaired) electrons. The highest BCUT2D eigenvalue weighted by Crippen LogP contribution is 2.29. The van der Waals surface area contributed by atoms with Crippen LogP contribution < -0.4 is 10.2 Å². The lowest BCUT2D eigenvalue weighted by Gasteiger charge is -2.28. The van der Waals surface area contributed by atoms with Crippen molar-refractivity contribution in [3.63, 3.8) is 0 Å². The van der Waals surface area contributed by atoms with Gasteiger partial charge in [0.25, 0.3) is 6.43 Å². The first kappa shape index (κ1) is 26.7. The highest BCUT2D eigenvalue weighted by Gasteiger charge is 2.23. The van der Waals surface area contributed by atoms with Crippen LogP contribution in [0, 0.1) is 5.92 Å². The first-order chi connectivity index (χ1) is 18.6. The largest absolute Gasteiger partial charge is 0.381 e. The van der Waals surface area contributed by atoms with Gasteiger partial charge in [-0.3, -0.25) is 4.57 Å². The van der Waals surface area contributed by atoms with Gasteiger partial charge in [-0.1, -0.05) is 12.1 Å². The number of likely N-dealkylation sites (tertiary alicyclic amines) is 1. The van der Waals surface area contributed by atoms with Gasteiger partial charge in [-0.25, -0.2) is 13.8 Å². The van der Waals surface area contributed by atoms with Gasteiger partial charge in [0.05, 0.1) is 24.2 Å². The molecule has 9 nitrogen and oxygen atoms in total. The summed E-state index contributed by atoms with van der Waals surface area (Å²) in [4.78, 5) is 17.6. The van der Waals surface area contributed by atoms with E-state index in [0.29, 0.717) is 54.9 Å². The third-order valence-electron chi connectivity index (χ3n) is 7.32. The molecule has 1 aromatic carbocycles. The standard InChI is InChI=1S/C17H18F2N6O.C10H19NO/c1-20-17-22-13(24-6-8-26-9-7-24)10-14(23-17)25-12-5-3-2-4-11(12)21-16(25)15(18)19;1-2-6-11(5-1)9-10-3-7-12-8-4-10/h2-5,10,15H,6-9H2,1H3,(H,20,22,23);10H,1-9H2. The van der Waals surface area contributed by atoms with Crippen molar-refractivity contribution < 1.29 is 18.3 Å². The van der Waals surface area contributed by atoms with Gasteiger partial charge in [0.2, 0.25) is 5.95 Å². The number of nitrogens with zero attached hydrogens (tertiary/aromatic N) is 6. The minimum absolute atomic E-state index is 0.333. The Labute approximate surface area is 222 Å². The van der Waals surface area contributed by atoms with Crippen molar-refractivity contribution in [2.24, 2.45) is 5.92 Å². The Bertz CT molecular complexity index is 1170. The van der Waals surface area contributed by atoms with E-state index in [4.69, 9.17) is 9.47 Å². The molecule has 6 rings (SSSR count). The molecule has 0 aliphatic carbocycles. The fourth-order valence-electron chi connectivity index (χ4n) is 5.29. The number of hydrogen-bond donors (Lipinski definition) is 1. The van der Waals surface area contributed by atoms with Gasteiger partial charge in [0, 0.05) is 46.0 Å². The maximum absolute atomic E-state index is 13.6. The Balaban J connectivity index is 0.000000204. The van der Waals surface area contributed by atoms with E-state index in [1.807, 2.05) is 0 Å². The average molecular weight is 530 g/mol. The fraction of sp³-hybridized carbons (Fsp3) is 0.593. The predicted octanol–water partition coefficient (Wildman–Crippen LogP) is 4.14. The van der Waals surface area contributed by atoms with Crippen molar-refractivity contribution in [1.29, 1.82) is 0 Å². The molecule has 0 bridgehead atoms. The zero-order valence-electron chi connectivity index (χ0n) is 22.0. The van der Waals surface area contributed by atoms with E-state index >= 15 is 0 Å². The number of ether oxygens (including phenoxy) is 2. The third kappa shape index (κ3) is 6.39. The van der Waals surface area contributed by atoms with Crippen LogP contribution in [0.2, 0.25) is 0 Å². The van der Waals surface area contributed by atoms with E-state index in [0.717, 1.165) is 19.1 Å². The minimum Gasteiger partial charge on any atom is -0.381 e.